The van der Waals surface area contributed by atoms with Crippen LogP contribution in [0.4, 0.5) is 0 Å². The highest BCUT2D eigenvalue weighted by Gasteiger charge is 2.34. The lowest BCUT2D eigenvalue weighted by Gasteiger charge is -2.39. The number of esters is 1. The maximum atomic E-state index is 12.4. The second-order valence-corrected chi connectivity index (χ2v) is 11.8. The fraction of sp³-hybridized carbons (Fsp3) is 0.629. The number of ether oxygens (including phenoxy) is 1. The molecule has 0 radical (unpaired) electrons. The van der Waals surface area contributed by atoms with Crippen LogP contribution in [-0.2, 0) is 23.1 Å². The van der Waals surface area contributed by atoms with Crippen LogP contribution in [0, 0.1) is 12.8 Å². The zero-order valence-electron chi connectivity index (χ0n) is 24.2. The van der Waals surface area contributed by atoms with Gasteiger partial charge in [0.1, 0.15) is 5.75 Å². The number of benzene rings is 2. The Labute approximate surface area is 227 Å². The lowest BCUT2D eigenvalue weighted by Crippen LogP contribution is -2.30. The average molecular weight is 505 g/mol. The van der Waals surface area contributed by atoms with Crippen LogP contribution in [0.15, 0.2) is 42.5 Å². The summed E-state index contributed by atoms with van der Waals surface area (Å²) < 4.78 is 5.64. The third-order valence-corrected chi connectivity index (χ3v) is 8.67. The Balaban J connectivity index is 1.53. The molecule has 1 unspecified atom stereocenters. The molecule has 0 heterocycles. The van der Waals surface area contributed by atoms with E-state index in [1.54, 1.807) is 5.56 Å². The molecular weight excluding hydrogens is 452 g/mol. The summed E-state index contributed by atoms with van der Waals surface area (Å²) in [5.74, 6) is 0.516. The van der Waals surface area contributed by atoms with Crippen LogP contribution in [-0.4, -0.2) is 5.97 Å². The van der Waals surface area contributed by atoms with E-state index in [0.29, 0.717) is 11.2 Å². The quantitative estimate of drug-likeness (QED) is 0.137. The highest BCUT2D eigenvalue weighted by atomic mass is 16.5. The predicted octanol–water partition coefficient (Wildman–Crippen LogP) is 10.1. The van der Waals surface area contributed by atoms with E-state index in [4.69, 9.17) is 4.74 Å². The Morgan fingerprint density at radius 1 is 0.838 bits per heavy atom. The maximum Gasteiger partial charge on any atom is 0.314 e. The first-order chi connectivity index (χ1) is 18.0. The Morgan fingerprint density at radius 2 is 1.49 bits per heavy atom. The van der Waals surface area contributed by atoms with Gasteiger partial charge in [-0.2, -0.15) is 0 Å². The van der Waals surface area contributed by atoms with Crippen molar-refractivity contribution in [2.45, 2.75) is 136 Å². The molecule has 0 spiro atoms. The molecule has 1 fully saturated rings. The molecular formula is C35H52O2. The van der Waals surface area contributed by atoms with Crippen LogP contribution >= 0.6 is 0 Å². The summed E-state index contributed by atoms with van der Waals surface area (Å²) in [5.41, 5.74) is 6.24. The van der Waals surface area contributed by atoms with Crippen LogP contribution < -0.4 is 4.74 Å². The van der Waals surface area contributed by atoms with Gasteiger partial charge in [-0.15, -0.1) is 0 Å². The molecule has 1 aliphatic rings. The van der Waals surface area contributed by atoms with E-state index in [9.17, 15) is 4.79 Å². The van der Waals surface area contributed by atoms with Gasteiger partial charge in [0, 0.05) is 0 Å². The van der Waals surface area contributed by atoms with Crippen molar-refractivity contribution in [2.75, 3.05) is 0 Å². The van der Waals surface area contributed by atoms with E-state index >= 15 is 0 Å². The van der Waals surface area contributed by atoms with Crippen LogP contribution in [0.2, 0.25) is 0 Å². The van der Waals surface area contributed by atoms with Gasteiger partial charge in [-0.05, 0) is 85.3 Å². The Kier molecular flexibility index (Phi) is 12.2. The van der Waals surface area contributed by atoms with Crippen LogP contribution in [0.5, 0.6) is 5.75 Å². The van der Waals surface area contributed by atoms with Crippen molar-refractivity contribution < 1.29 is 9.53 Å². The first-order valence-corrected chi connectivity index (χ1v) is 15.4. The largest absolute Gasteiger partial charge is 0.426 e. The minimum Gasteiger partial charge on any atom is -0.426 e. The Hall–Kier alpha value is -2.09. The first-order valence-electron chi connectivity index (χ1n) is 15.4. The van der Waals surface area contributed by atoms with Crippen LogP contribution in [0.1, 0.15) is 133 Å². The first kappa shape index (κ1) is 29.5. The van der Waals surface area contributed by atoms with Crippen LogP contribution in [0.25, 0.3) is 0 Å². The fourth-order valence-electron chi connectivity index (χ4n) is 6.30. The third kappa shape index (κ3) is 9.01. The number of aryl methyl sites for hydroxylation is 3. The van der Waals surface area contributed by atoms with Gasteiger partial charge in [-0.3, -0.25) is 4.79 Å². The topological polar surface area (TPSA) is 26.3 Å². The molecule has 2 aromatic carbocycles. The zero-order valence-corrected chi connectivity index (χ0v) is 24.2. The van der Waals surface area contributed by atoms with E-state index in [0.717, 1.165) is 25.7 Å². The van der Waals surface area contributed by atoms with Gasteiger partial charge in [0.15, 0.2) is 0 Å². The van der Waals surface area contributed by atoms with Crippen molar-refractivity contribution in [3.05, 3.63) is 64.7 Å². The average Bonchev–Trinajstić information content (AvgIpc) is 2.91. The van der Waals surface area contributed by atoms with Gasteiger partial charge < -0.3 is 4.74 Å². The number of rotatable bonds is 15. The number of carbonyl (C=O) groups excluding carboxylic acids is 1. The summed E-state index contributed by atoms with van der Waals surface area (Å²) in [6, 6.07) is 15.4. The normalized spacial score (nSPS) is 15.9. The molecule has 204 valence electrons. The molecule has 0 aromatic heterocycles. The highest BCUT2D eigenvalue weighted by Crippen LogP contribution is 2.44. The highest BCUT2D eigenvalue weighted by molar-refractivity contribution is 5.74. The van der Waals surface area contributed by atoms with Crippen molar-refractivity contribution in [1.82, 2.24) is 0 Å². The van der Waals surface area contributed by atoms with E-state index in [1.165, 1.54) is 93.7 Å². The molecule has 0 amide bonds. The second-order valence-electron chi connectivity index (χ2n) is 11.8. The van der Waals surface area contributed by atoms with E-state index in [2.05, 4.69) is 51.1 Å². The van der Waals surface area contributed by atoms with Gasteiger partial charge in [-0.1, -0.05) is 115 Å². The number of carbonyl (C=O) groups is 1. The molecule has 1 aliphatic carbocycles. The molecule has 2 heteroatoms. The van der Waals surface area contributed by atoms with Crippen LogP contribution in [0.3, 0.4) is 0 Å². The molecule has 2 aromatic rings. The minimum absolute atomic E-state index is 0.0397. The SMILES string of the molecule is CCCCCCC(C)C(=O)Oc1ccc(CCc2ccc(C3(CCCCC)CCCCC3)c(C)c2)cc1. The lowest BCUT2D eigenvalue weighted by atomic mass is 9.65. The van der Waals surface area contributed by atoms with Crippen molar-refractivity contribution in [2.24, 2.45) is 5.92 Å². The molecule has 0 saturated heterocycles. The van der Waals surface area contributed by atoms with Crippen molar-refractivity contribution in [3.8, 4) is 5.75 Å². The smallest absolute Gasteiger partial charge is 0.314 e. The standard InChI is InChI=1S/C35H52O2/c1-5-7-9-11-15-28(3)34(36)37-32-21-18-30(19-22-32)16-17-31-20-23-33(29(4)27-31)35(24-12-8-6-2)25-13-10-14-26-35/h18-23,27-28H,5-17,24-26H2,1-4H3. The zero-order chi connectivity index (χ0) is 26.5. The summed E-state index contributed by atoms with van der Waals surface area (Å²) in [6.45, 7) is 8.84. The van der Waals surface area contributed by atoms with Crippen molar-refractivity contribution >= 4 is 5.97 Å². The fourth-order valence-corrected chi connectivity index (χ4v) is 6.30. The van der Waals surface area contributed by atoms with Crippen molar-refractivity contribution in [1.29, 1.82) is 0 Å². The Bertz CT molecular complexity index is 936. The van der Waals surface area contributed by atoms with Crippen molar-refractivity contribution in [3.63, 3.8) is 0 Å². The van der Waals surface area contributed by atoms with Gasteiger partial charge in [0.25, 0.3) is 0 Å². The molecule has 0 aliphatic heterocycles. The van der Waals surface area contributed by atoms with E-state index in [1.807, 2.05) is 19.1 Å². The maximum absolute atomic E-state index is 12.4. The molecule has 2 nitrogen and oxygen atoms in total. The summed E-state index contributed by atoms with van der Waals surface area (Å²) in [4.78, 5) is 12.4. The molecule has 1 saturated carbocycles. The monoisotopic (exact) mass is 504 g/mol. The predicted molar refractivity (Wildman–Crippen MR) is 157 cm³/mol. The van der Waals surface area contributed by atoms with E-state index < -0.39 is 0 Å². The summed E-state index contributed by atoms with van der Waals surface area (Å²) >= 11 is 0. The lowest BCUT2D eigenvalue weighted by molar-refractivity contribution is -0.138. The second kappa shape index (κ2) is 15.4. The number of unbranched alkanes of at least 4 members (excludes halogenated alkanes) is 5. The third-order valence-electron chi connectivity index (χ3n) is 8.67. The Morgan fingerprint density at radius 3 is 2.16 bits per heavy atom. The summed E-state index contributed by atoms with van der Waals surface area (Å²) in [7, 11) is 0. The number of hydrogen-bond donors (Lipinski definition) is 0. The molecule has 0 bridgehead atoms. The van der Waals surface area contributed by atoms with E-state index in [-0.39, 0.29) is 11.9 Å². The summed E-state index contributed by atoms with van der Waals surface area (Å²) in [5, 5.41) is 0. The molecule has 37 heavy (non-hydrogen) atoms. The molecule has 0 N–H and O–H groups in total. The van der Waals surface area contributed by atoms with Gasteiger partial charge in [0.2, 0.25) is 0 Å². The minimum atomic E-state index is -0.106. The van der Waals surface area contributed by atoms with Gasteiger partial charge >= 0.3 is 5.97 Å². The van der Waals surface area contributed by atoms with Gasteiger partial charge in [0.05, 0.1) is 5.92 Å². The summed E-state index contributed by atoms with van der Waals surface area (Å²) in [6.07, 6.45) is 20.0. The number of hydrogen-bond acceptors (Lipinski definition) is 2. The van der Waals surface area contributed by atoms with Gasteiger partial charge in [-0.25, -0.2) is 0 Å². The molecule has 1 atom stereocenters. The molecule has 3 rings (SSSR count).